The first-order chi connectivity index (χ1) is 9.78. The Labute approximate surface area is 125 Å². The highest BCUT2D eigenvalue weighted by atomic mass is 32.2. The average molecular weight is 308 g/mol. The molecule has 0 aliphatic carbocycles. The van der Waals surface area contributed by atoms with Gasteiger partial charge in [-0.1, -0.05) is 6.07 Å². The zero-order valence-electron chi connectivity index (χ0n) is 12.7. The van der Waals surface area contributed by atoms with Gasteiger partial charge in [-0.05, 0) is 43.0 Å². The van der Waals surface area contributed by atoms with E-state index in [0.717, 1.165) is 23.9 Å². The molecule has 3 rings (SSSR count). The molecular weight excluding hydrogens is 288 g/mol. The van der Waals surface area contributed by atoms with Crippen LogP contribution in [-0.4, -0.2) is 25.8 Å². The Bertz CT molecular complexity index is 821. The van der Waals surface area contributed by atoms with Gasteiger partial charge in [0.25, 0.3) is 10.1 Å². The first kappa shape index (κ1) is 14.6. The Morgan fingerprint density at radius 3 is 2.71 bits per heavy atom. The van der Waals surface area contributed by atoms with Crippen molar-refractivity contribution in [2.75, 3.05) is 12.8 Å². The van der Waals surface area contributed by atoms with Crippen molar-refractivity contribution >= 4 is 21.0 Å². The number of hydrogen-bond acceptors (Lipinski definition) is 4. The number of fused-ring (bicyclic) bond motifs is 3. The smallest absolute Gasteiger partial charge is 0.266 e. The number of hydrogen-bond donors (Lipinski definition) is 1. The molecular formula is C15H20N2O3S. The maximum atomic E-state index is 11.5. The van der Waals surface area contributed by atoms with Gasteiger partial charge >= 0.3 is 0 Å². The van der Waals surface area contributed by atoms with Gasteiger partial charge in [0.05, 0.1) is 11.9 Å². The number of nitrogens with zero attached hydrogens (tertiary/aromatic N) is 1. The molecule has 0 spiro atoms. The zero-order valence-corrected chi connectivity index (χ0v) is 13.5. The molecule has 1 aliphatic rings. The maximum absolute atomic E-state index is 11.5. The molecule has 0 saturated carbocycles. The summed E-state index contributed by atoms with van der Waals surface area (Å²) in [4.78, 5) is 0. The van der Waals surface area contributed by atoms with Gasteiger partial charge < -0.3 is 4.57 Å². The summed E-state index contributed by atoms with van der Waals surface area (Å²) in [6.07, 6.45) is 1.35. The van der Waals surface area contributed by atoms with Gasteiger partial charge in [-0.15, -0.1) is 0 Å². The molecule has 6 heteroatoms. The monoisotopic (exact) mass is 308 g/mol. The maximum Gasteiger partial charge on any atom is 0.266 e. The van der Waals surface area contributed by atoms with Crippen molar-refractivity contribution in [1.82, 2.24) is 9.88 Å². The molecule has 0 amide bonds. The molecule has 2 aromatic rings. The van der Waals surface area contributed by atoms with Gasteiger partial charge in [-0.3, -0.25) is 5.32 Å². The Balaban J connectivity index is 2.26. The Hall–Kier alpha value is -1.37. The first-order valence-corrected chi connectivity index (χ1v) is 8.79. The Morgan fingerprint density at radius 2 is 2.05 bits per heavy atom. The average Bonchev–Trinajstić information content (AvgIpc) is 2.62. The zero-order chi connectivity index (χ0) is 15.4. The fourth-order valence-corrected chi connectivity index (χ4v) is 3.84. The van der Waals surface area contributed by atoms with E-state index in [-0.39, 0.29) is 0 Å². The summed E-state index contributed by atoms with van der Waals surface area (Å²) in [7, 11) is -1.55. The minimum Gasteiger partial charge on any atom is -0.344 e. The third-order valence-electron chi connectivity index (χ3n) is 4.02. The molecule has 1 aromatic carbocycles. The van der Waals surface area contributed by atoms with Gasteiger partial charge in [0, 0.05) is 24.5 Å². The van der Waals surface area contributed by atoms with Gasteiger partial charge in [0.15, 0.2) is 6.23 Å². The Morgan fingerprint density at radius 1 is 1.33 bits per heavy atom. The lowest BCUT2D eigenvalue weighted by atomic mass is 9.99. The first-order valence-electron chi connectivity index (χ1n) is 6.98. The van der Waals surface area contributed by atoms with Crippen molar-refractivity contribution in [1.29, 1.82) is 0 Å². The molecule has 1 unspecified atom stereocenters. The Kier molecular flexibility index (Phi) is 3.35. The van der Waals surface area contributed by atoms with Crippen molar-refractivity contribution in [3.63, 3.8) is 0 Å². The SMILES string of the molecule is Cc1cc(C)c2c3c(n(C)c2c1)C(OS(C)(=O)=O)NCC3. The second-order valence-corrected chi connectivity index (χ2v) is 7.38. The van der Waals surface area contributed by atoms with Crippen LogP contribution in [0.4, 0.5) is 0 Å². The van der Waals surface area contributed by atoms with Crippen molar-refractivity contribution < 1.29 is 12.6 Å². The van der Waals surface area contributed by atoms with Gasteiger partial charge in [-0.25, -0.2) is 4.18 Å². The van der Waals surface area contributed by atoms with E-state index in [1.54, 1.807) is 0 Å². The summed E-state index contributed by atoms with van der Waals surface area (Å²) in [5.41, 5.74) is 5.66. The van der Waals surface area contributed by atoms with E-state index in [1.807, 2.05) is 11.6 Å². The summed E-state index contributed by atoms with van der Waals surface area (Å²) >= 11 is 0. The molecule has 1 aromatic heterocycles. The van der Waals surface area contributed by atoms with Crippen LogP contribution in [0.15, 0.2) is 12.1 Å². The van der Waals surface area contributed by atoms with E-state index < -0.39 is 16.3 Å². The third kappa shape index (κ3) is 2.47. The molecule has 114 valence electrons. The molecule has 0 bridgehead atoms. The third-order valence-corrected chi connectivity index (χ3v) is 4.56. The quantitative estimate of drug-likeness (QED) is 0.861. The predicted molar refractivity (Wildman–Crippen MR) is 82.8 cm³/mol. The second kappa shape index (κ2) is 4.83. The van der Waals surface area contributed by atoms with Crippen LogP contribution in [0.1, 0.15) is 28.6 Å². The standard InChI is InChI=1S/C15H20N2O3S/c1-9-7-10(2)13-11-5-6-16-15(20-21(4,18)19)14(11)17(3)12(13)8-9/h7-8,15-16H,5-6H2,1-4H3. The molecule has 5 nitrogen and oxygen atoms in total. The molecule has 1 N–H and O–H groups in total. The van der Waals surface area contributed by atoms with E-state index in [1.165, 1.54) is 22.1 Å². The van der Waals surface area contributed by atoms with Crippen LogP contribution in [-0.2, 0) is 27.8 Å². The van der Waals surface area contributed by atoms with Crippen molar-refractivity contribution in [2.45, 2.75) is 26.5 Å². The lowest BCUT2D eigenvalue weighted by molar-refractivity contribution is 0.161. The lowest BCUT2D eigenvalue weighted by Gasteiger charge is -2.25. The van der Waals surface area contributed by atoms with Crippen molar-refractivity contribution in [3.05, 3.63) is 34.5 Å². The van der Waals surface area contributed by atoms with Crippen molar-refractivity contribution in [3.8, 4) is 0 Å². The van der Waals surface area contributed by atoms with E-state index in [0.29, 0.717) is 6.54 Å². The topological polar surface area (TPSA) is 60.3 Å². The summed E-state index contributed by atoms with van der Waals surface area (Å²) in [6.45, 7) is 4.88. The van der Waals surface area contributed by atoms with Crippen LogP contribution in [0.2, 0.25) is 0 Å². The van der Waals surface area contributed by atoms with E-state index in [4.69, 9.17) is 4.18 Å². The normalized spacial score (nSPS) is 19.0. The molecule has 0 radical (unpaired) electrons. The number of rotatable bonds is 2. The summed E-state index contributed by atoms with van der Waals surface area (Å²) in [6, 6.07) is 4.30. The fourth-order valence-electron chi connectivity index (χ4n) is 3.33. The highest BCUT2D eigenvalue weighted by molar-refractivity contribution is 7.86. The van der Waals surface area contributed by atoms with E-state index >= 15 is 0 Å². The van der Waals surface area contributed by atoms with Crippen LogP contribution in [0.25, 0.3) is 10.9 Å². The molecule has 1 atom stereocenters. The molecule has 2 heterocycles. The number of aryl methyl sites for hydroxylation is 3. The minimum atomic E-state index is -3.51. The molecule has 1 aliphatic heterocycles. The summed E-state index contributed by atoms with van der Waals surface area (Å²) < 4.78 is 30.2. The van der Waals surface area contributed by atoms with Crippen LogP contribution in [0.3, 0.4) is 0 Å². The summed E-state index contributed by atoms with van der Waals surface area (Å²) in [5.74, 6) is 0. The van der Waals surface area contributed by atoms with E-state index in [9.17, 15) is 8.42 Å². The predicted octanol–water partition coefficient (Wildman–Crippen LogP) is 1.92. The lowest BCUT2D eigenvalue weighted by Crippen LogP contribution is -2.34. The number of aromatic nitrogens is 1. The largest absolute Gasteiger partial charge is 0.344 e. The summed E-state index contributed by atoms with van der Waals surface area (Å²) in [5, 5.41) is 4.37. The molecule has 0 saturated heterocycles. The van der Waals surface area contributed by atoms with Gasteiger partial charge in [0.1, 0.15) is 0 Å². The second-order valence-electron chi connectivity index (χ2n) is 5.78. The minimum absolute atomic E-state index is 0.610. The van der Waals surface area contributed by atoms with Crippen molar-refractivity contribution in [2.24, 2.45) is 7.05 Å². The number of nitrogens with one attached hydrogen (secondary N) is 1. The van der Waals surface area contributed by atoms with Crippen LogP contribution in [0.5, 0.6) is 0 Å². The van der Waals surface area contributed by atoms with E-state index in [2.05, 4.69) is 31.3 Å². The number of benzene rings is 1. The van der Waals surface area contributed by atoms with Gasteiger partial charge in [-0.2, -0.15) is 8.42 Å². The van der Waals surface area contributed by atoms with Crippen LogP contribution < -0.4 is 5.32 Å². The highest BCUT2D eigenvalue weighted by Gasteiger charge is 2.29. The van der Waals surface area contributed by atoms with Crippen LogP contribution >= 0.6 is 0 Å². The fraction of sp³-hybridized carbons (Fsp3) is 0.467. The molecule has 0 fully saturated rings. The van der Waals surface area contributed by atoms with Crippen LogP contribution in [0, 0.1) is 13.8 Å². The highest BCUT2D eigenvalue weighted by Crippen LogP contribution is 2.35. The molecule has 21 heavy (non-hydrogen) atoms. The van der Waals surface area contributed by atoms with Gasteiger partial charge in [0.2, 0.25) is 0 Å².